The van der Waals surface area contributed by atoms with Crippen LogP contribution >= 0.6 is 0 Å². The quantitative estimate of drug-likeness (QED) is 0.326. The Balaban J connectivity index is 1.39. The molecule has 0 aliphatic carbocycles. The van der Waals surface area contributed by atoms with Crippen molar-refractivity contribution in [3.05, 3.63) is 83.1 Å². The molecule has 40 heavy (non-hydrogen) atoms. The number of nitrogens with zero attached hydrogens (tertiary/aromatic N) is 2. The van der Waals surface area contributed by atoms with Gasteiger partial charge in [-0.05, 0) is 47.3 Å². The Bertz CT molecular complexity index is 1730. The Labute approximate surface area is 225 Å². The summed E-state index contributed by atoms with van der Waals surface area (Å²) in [6.07, 6.45) is -1.17. The molecule has 13 heteroatoms. The summed E-state index contributed by atoms with van der Waals surface area (Å²) in [5, 5.41) is 4.04. The Morgan fingerprint density at radius 1 is 1.15 bits per heavy atom. The number of pyridine rings is 2. The molecule has 2 aromatic heterocycles. The maximum absolute atomic E-state index is 14.7. The lowest BCUT2D eigenvalue weighted by atomic mass is 10.0. The third-order valence-corrected chi connectivity index (χ3v) is 8.16. The summed E-state index contributed by atoms with van der Waals surface area (Å²) in [5.41, 5.74) is -1.85. The number of benzene rings is 2. The smallest absolute Gasteiger partial charge is 0.280 e. The van der Waals surface area contributed by atoms with E-state index in [9.17, 15) is 30.8 Å². The molecule has 1 atom stereocenters. The second kappa shape index (κ2) is 10.8. The lowest BCUT2D eigenvalue weighted by Crippen LogP contribution is -2.25. The summed E-state index contributed by atoms with van der Waals surface area (Å²) >= 11 is 0. The fraction of sp³-hybridized carbons (Fsp3) is 0.222. The molecule has 2 aromatic carbocycles. The first-order valence-electron chi connectivity index (χ1n) is 11.9. The van der Waals surface area contributed by atoms with Gasteiger partial charge in [-0.2, -0.15) is 0 Å². The molecule has 1 amide bonds. The van der Waals surface area contributed by atoms with Gasteiger partial charge < -0.3 is 14.8 Å². The van der Waals surface area contributed by atoms with Crippen molar-refractivity contribution in [3.8, 4) is 17.0 Å². The predicted octanol–water partition coefficient (Wildman–Crippen LogP) is 4.91. The molecule has 5 rings (SSSR count). The van der Waals surface area contributed by atoms with Crippen LogP contribution < -0.4 is 10.1 Å². The molecule has 0 bridgehead atoms. The minimum absolute atomic E-state index is 0.0411. The van der Waals surface area contributed by atoms with E-state index in [0.29, 0.717) is 22.2 Å². The Morgan fingerprint density at radius 3 is 2.70 bits per heavy atom. The summed E-state index contributed by atoms with van der Waals surface area (Å²) in [5.74, 6) is -1.74. The van der Waals surface area contributed by atoms with Crippen LogP contribution in [-0.2, 0) is 27.7 Å². The standard InChI is InChI=1S/C27H21F4N3O5S/c1-38-27-19(4-5-22(34-27)25(30)31)14-2-3-15-10-32-18(7-16(15)6-14)11-33-26(35)17-8-21(28)20-12-39-13-24(29)40(36,37)23(20)9-17/h2-10,24-25H,11-13H2,1H3,(H,33,35)/t24-/m1/s1. The molecule has 8 nitrogen and oxygen atoms in total. The van der Waals surface area contributed by atoms with E-state index in [1.54, 1.807) is 30.5 Å². The normalized spacial score (nSPS) is 16.4. The first-order chi connectivity index (χ1) is 19.1. The summed E-state index contributed by atoms with van der Waals surface area (Å²) in [4.78, 5) is 20.3. The zero-order valence-corrected chi connectivity index (χ0v) is 21.6. The highest BCUT2D eigenvalue weighted by molar-refractivity contribution is 7.92. The molecular weight excluding hydrogens is 554 g/mol. The van der Waals surface area contributed by atoms with Gasteiger partial charge in [-0.1, -0.05) is 12.1 Å². The summed E-state index contributed by atoms with van der Waals surface area (Å²) in [6.45, 7) is -1.27. The van der Waals surface area contributed by atoms with Gasteiger partial charge in [0.2, 0.25) is 21.2 Å². The van der Waals surface area contributed by atoms with Crippen molar-refractivity contribution < 1.29 is 40.2 Å². The zero-order valence-electron chi connectivity index (χ0n) is 20.8. The van der Waals surface area contributed by atoms with Gasteiger partial charge in [0.05, 0.1) is 37.5 Å². The average Bonchev–Trinajstić information content (AvgIpc) is 3.06. The third kappa shape index (κ3) is 5.21. The van der Waals surface area contributed by atoms with Crippen molar-refractivity contribution >= 4 is 26.5 Å². The number of sulfone groups is 1. The second-order valence-corrected chi connectivity index (χ2v) is 11.0. The van der Waals surface area contributed by atoms with Gasteiger partial charge in [-0.25, -0.2) is 31.0 Å². The van der Waals surface area contributed by atoms with Crippen molar-refractivity contribution in [2.45, 2.75) is 30.0 Å². The fourth-order valence-electron chi connectivity index (χ4n) is 4.29. The molecule has 0 radical (unpaired) electrons. The molecule has 0 spiro atoms. The van der Waals surface area contributed by atoms with Crippen molar-refractivity contribution in [1.29, 1.82) is 0 Å². The van der Waals surface area contributed by atoms with Crippen LogP contribution in [0, 0.1) is 5.82 Å². The number of hydrogen-bond donors (Lipinski definition) is 1. The maximum atomic E-state index is 14.7. The molecule has 4 aromatic rings. The molecule has 1 N–H and O–H groups in total. The lowest BCUT2D eigenvalue weighted by Gasteiger charge is -2.12. The van der Waals surface area contributed by atoms with E-state index in [4.69, 9.17) is 9.47 Å². The Morgan fingerprint density at radius 2 is 1.95 bits per heavy atom. The monoisotopic (exact) mass is 575 g/mol. The first-order valence-corrected chi connectivity index (χ1v) is 13.4. The van der Waals surface area contributed by atoms with Crippen LogP contribution in [0.3, 0.4) is 0 Å². The van der Waals surface area contributed by atoms with Crippen LogP contribution in [0.5, 0.6) is 5.88 Å². The number of aromatic nitrogens is 2. The van der Waals surface area contributed by atoms with Crippen molar-refractivity contribution in [1.82, 2.24) is 15.3 Å². The van der Waals surface area contributed by atoms with Crippen molar-refractivity contribution in [2.24, 2.45) is 0 Å². The van der Waals surface area contributed by atoms with Gasteiger partial charge in [0, 0.05) is 28.3 Å². The number of alkyl halides is 3. The van der Waals surface area contributed by atoms with E-state index in [-0.39, 0.29) is 23.6 Å². The van der Waals surface area contributed by atoms with E-state index in [1.165, 1.54) is 19.2 Å². The number of nitrogens with one attached hydrogen (secondary N) is 1. The molecule has 1 aliphatic rings. The van der Waals surface area contributed by atoms with Crippen LogP contribution in [0.15, 0.2) is 59.6 Å². The Hall–Kier alpha value is -4.10. The highest BCUT2D eigenvalue weighted by atomic mass is 32.2. The van der Waals surface area contributed by atoms with Crippen molar-refractivity contribution in [2.75, 3.05) is 13.7 Å². The average molecular weight is 576 g/mol. The number of carbonyl (C=O) groups is 1. The minimum atomic E-state index is -4.54. The molecule has 0 saturated heterocycles. The van der Waals surface area contributed by atoms with Gasteiger partial charge in [0.1, 0.15) is 11.5 Å². The molecular formula is C27H21F4N3O5S. The number of amides is 1. The molecule has 1 aliphatic heterocycles. The van der Waals surface area contributed by atoms with Crippen LogP contribution in [0.4, 0.5) is 17.6 Å². The van der Waals surface area contributed by atoms with E-state index in [0.717, 1.165) is 17.5 Å². The number of halogens is 4. The molecule has 208 valence electrons. The highest BCUT2D eigenvalue weighted by Crippen LogP contribution is 2.33. The topological polar surface area (TPSA) is 107 Å². The molecule has 0 unspecified atom stereocenters. The van der Waals surface area contributed by atoms with E-state index in [2.05, 4.69) is 15.3 Å². The minimum Gasteiger partial charge on any atom is -0.481 e. The second-order valence-electron chi connectivity index (χ2n) is 8.92. The first kappa shape index (κ1) is 27.5. The predicted molar refractivity (Wildman–Crippen MR) is 136 cm³/mol. The molecule has 3 heterocycles. The van der Waals surface area contributed by atoms with Gasteiger partial charge >= 0.3 is 0 Å². The van der Waals surface area contributed by atoms with Crippen LogP contribution in [0.25, 0.3) is 21.9 Å². The number of ether oxygens (including phenoxy) is 2. The summed E-state index contributed by atoms with van der Waals surface area (Å²) in [7, 11) is -3.21. The fourth-order valence-corrected chi connectivity index (χ4v) is 5.63. The largest absolute Gasteiger partial charge is 0.481 e. The molecule has 0 saturated carbocycles. The summed E-state index contributed by atoms with van der Waals surface area (Å²) < 4.78 is 89.9. The lowest BCUT2D eigenvalue weighted by molar-refractivity contribution is 0.0938. The van der Waals surface area contributed by atoms with Crippen LogP contribution in [-0.4, -0.2) is 43.5 Å². The van der Waals surface area contributed by atoms with Gasteiger partial charge in [0.15, 0.2) is 0 Å². The van der Waals surface area contributed by atoms with Gasteiger partial charge in [-0.15, -0.1) is 0 Å². The van der Waals surface area contributed by atoms with E-state index in [1.807, 2.05) is 0 Å². The van der Waals surface area contributed by atoms with Gasteiger partial charge in [0.25, 0.3) is 12.3 Å². The number of rotatable bonds is 6. The van der Waals surface area contributed by atoms with E-state index >= 15 is 0 Å². The van der Waals surface area contributed by atoms with Crippen molar-refractivity contribution in [3.63, 3.8) is 0 Å². The van der Waals surface area contributed by atoms with Crippen LogP contribution in [0.1, 0.15) is 33.7 Å². The van der Waals surface area contributed by atoms with Gasteiger partial charge in [-0.3, -0.25) is 9.78 Å². The SMILES string of the molecule is COc1nc(C(F)F)ccc1-c1ccc2cnc(CNC(=O)c3cc(F)c4c(c3)S(=O)(=O)[C@@H](F)COC4)cc2c1. The zero-order chi connectivity index (χ0) is 28.6. The Kier molecular flexibility index (Phi) is 7.43. The number of carbonyl (C=O) groups excluding carboxylic acids is 1. The summed E-state index contributed by atoms with van der Waals surface area (Å²) in [6, 6.07) is 11.5. The number of hydrogen-bond acceptors (Lipinski definition) is 7. The maximum Gasteiger partial charge on any atom is 0.280 e. The number of fused-ring (bicyclic) bond motifs is 2. The van der Waals surface area contributed by atoms with Crippen LogP contribution in [0.2, 0.25) is 0 Å². The highest BCUT2D eigenvalue weighted by Gasteiger charge is 2.35. The van der Waals surface area contributed by atoms with E-state index < -0.39 is 57.3 Å². The molecule has 0 fully saturated rings. The number of methoxy groups -OCH3 is 1. The third-order valence-electron chi connectivity index (χ3n) is 6.37.